The topological polar surface area (TPSA) is 67.4 Å². The summed E-state index contributed by atoms with van der Waals surface area (Å²) < 4.78 is 5.59. The van der Waals surface area contributed by atoms with Gasteiger partial charge >= 0.3 is 0 Å². The van der Waals surface area contributed by atoms with Gasteiger partial charge in [0.05, 0.1) is 6.61 Å². The lowest BCUT2D eigenvalue weighted by Crippen LogP contribution is -2.15. The molecule has 0 aliphatic rings. The summed E-state index contributed by atoms with van der Waals surface area (Å²) in [5.74, 6) is 0.607. The molecular formula is C20H24N2O3. The van der Waals surface area contributed by atoms with Crippen molar-refractivity contribution in [3.8, 4) is 5.75 Å². The molecular weight excluding hydrogens is 316 g/mol. The summed E-state index contributed by atoms with van der Waals surface area (Å²) in [6.45, 7) is 5.86. The van der Waals surface area contributed by atoms with E-state index in [1.807, 2.05) is 50.2 Å². The Morgan fingerprint density at radius 3 is 2.36 bits per heavy atom. The lowest BCUT2D eigenvalue weighted by molar-refractivity contribution is -0.116. The Balaban J connectivity index is 2.00. The molecule has 0 saturated carbocycles. The molecule has 2 amide bonds. The fraction of sp³-hybridized carbons (Fsp3) is 0.300. The Hall–Kier alpha value is -2.82. The van der Waals surface area contributed by atoms with Crippen LogP contribution in [0.2, 0.25) is 0 Å². The standard InChI is InChI=1S/C20H24N2O3/c1-4-25-19-11-6-5-8-16(19)12-13-20(24)22-18-10-7-9-17(14(18)2)21-15(3)23/h5-11H,4,12-13H2,1-3H3,(H,21,23)(H,22,24). The summed E-state index contributed by atoms with van der Waals surface area (Å²) in [5.41, 5.74) is 3.25. The van der Waals surface area contributed by atoms with Crippen LogP contribution in [0, 0.1) is 6.92 Å². The molecule has 0 saturated heterocycles. The fourth-order valence-corrected chi connectivity index (χ4v) is 2.56. The molecule has 0 aliphatic carbocycles. The van der Waals surface area contributed by atoms with Crippen molar-refractivity contribution >= 4 is 23.2 Å². The quantitative estimate of drug-likeness (QED) is 0.803. The molecule has 2 aromatic carbocycles. The van der Waals surface area contributed by atoms with Gasteiger partial charge in [-0.25, -0.2) is 0 Å². The largest absolute Gasteiger partial charge is 0.494 e. The second kappa shape index (κ2) is 8.87. The lowest BCUT2D eigenvalue weighted by Gasteiger charge is -2.13. The molecule has 0 bridgehead atoms. The third kappa shape index (κ3) is 5.35. The van der Waals surface area contributed by atoms with E-state index in [-0.39, 0.29) is 11.8 Å². The lowest BCUT2D eigenvalue weighted by atomic mass is 10.1. The first-order valence-corrected chi connectivity index (χ1v) is 8.39. The highest BCUT2D eigenvalue weighted by molar-refractivity contribution is 5.95. The van der Waals surface area contributed by atoms with Crippen molar-refractivity contribution in [3.63, 3.8) is 0 Å². The molecule has 0 spiro atoms. The second-order valence-corrected chi connectivity index (χ2v) is 5.75. The Kier molecular flexibility index (Phi) is 6.57. The Morgan fingerprint density at radius 2 is 1.68 bits per heavy atom. The van der Waals surface area contributed by atoms with Crippen molar-refractivity contribution < 1.29 is 14.3 Å². The van der Waals surface area contributed by atoms with Crippen LogP contribution < -0.4 is 15.4 Å². The normalized spacial score (nSPS) is 10.2. The molecule has 2 aromatic rings. The molecule has 132 valence electrons. The minimum Gasteiger partial charge on any atom is -0.494 e. The molecule has 0 unspecified atom stereocenters. The van der Waals surface area contributed by atoms with E-state index >= 15 is 0 Å². The molecule has 5 nitrogen and oxygen atoms in total. The first-order chi connectivity index (χ1) is 12.0. The minimum atomic E-state index is -0.140. The van der Waals surface area contributed by atoms with Crippen molar-refractivity contribution in [1.82, 2.24) is 0 Å². The average molecular weight is 340 g/mol. The Morgan fingerprint density at radius 1 is 1.00 bits per heavy atom. The van der Waals surface area contributed by atoms with Gasteiger partial charge in [-0.1, -0.05) is 24.3 Å². The molecule has 0 aliphatic heterocycles. The van der Waals surface area contributed by atoms with Gasteiger partial charge in [-0.3, -0.25) is 9.59 Å². The zero-order valence-corrected chi connectivity index (χ0v) is 14.9. The van der Waals surface area contributed by atoms with Crippen LogP contribution in [0.4, 0.5) is 11.4 Å². The zero-order valence-electron chi connectivity index (χ0n) is 14.9. The van der Waals surface area contributed by atoms with Gasteiger partial charge in [0.1, 0.15) is 5.75 Å². The number of aryl methyl sites for hydroxylation is 1. The van der Waals surface area contributed by atoms with Gasteiger partial charge < -0.3 is 15.4 Å². The number of benzene rings is 2. The van der Waals surface area contributed by atoms with E-state index in [4.69, 9.17) is 4.74 Å². The smallest absolute Gasteiger partial charge is 0.224 e. The van der Waals surface area contributed by atoms with Crippen molar-refractivity contribution in [2.24, 2.45) is 0 Å². The highest BCUT2D eigenvalue weighted by Gasteiger charge is 2.10. The summed E-state index contributed by atoms with van der Waals surface area (Å²) in [6, 6.07) is 13.2. The number of anilines is 2. The van der Waals surface area contributed by atoms with E-state index in [0.29, 0.717) is 30.8 Å². The number of hydrogen-bond donors (Lipinski definition) is 2. The van der Waals surface area contributed by atoms with Gasteiger partial charge in [-0.2, -0.15) is 0 Å². The maximum absolute atomic E-state index is 12.3. The summed E-state index contributed by atoms with van der Waals surface area (Å²) in [6.07, 6.45) is 0.959. The Labute approximate surface area is 148 Å². The van der Waals surface area contributed by atoms with E-state index in [2.05, 4.69) is 10.6 Å². The van der Waals surface area contributed by atoms with E-state index in [0.717, 1.165) is 16.9 Å². The molecule has 0 aromatic heterocycles. The van der Waals surface area contributed by atoms with Crippen LogP contribution in [0.25, 0.3) is 0 Å². The SMILES string of the molecule is CCOc1ccccc1CCC(=O)Nc1cccc(NC(C)=O)c1C. The Bertz CT molecular complexity index is 756. The number of amides is 2. The fourth-order valence-electron chi connectivity index (χ4n) is 2.56. The summed E-state index contributed by atoms with van der Waals surface area (Å²) >= 11 is 0. The first kappa shape index (κ1) is 18.5. The van der Waals surface area contributed by atoms with Gasteiger partial charge in [0.15, 0.2) is 0 Å². The molecule has 0 radical (unpaired) electrons. The van der Waals surface area contributed by atoms with Crippen molar-refractivity contribution in [2.75, 3.05) is 17.2 Å². The molecule has 0 heterocycles. The van der Waals surface area contributed by atoms with Gasteiger partial charge in [0.2, 0.25) is 11.8 Å². The van der Waals surface area contributed by atoms with E-state index < -0.39 is 0 Å². The van der Waals surface area contributed by atoms with Crippen LogP contribution in [-0.4, -0.2) is 18.4 Å². The molecule has 5 heteroatoms. The number of para-hydroxylation sites is 1. The molecule has 25 heavy (non-hydrogen) atoms. The monoisotopic (exact) mass is 340 g/mol. The van der Waals surface area contributed by atoms with Gasteiger partial charge in [0, 0.05) is 24.7 Å². The number of carbonyl (C=O) groups excluding carboxylic acids is 2. The van der Waals surface area contributed by atoms with Crippen LogP contribution >= 0.6 is 0 Å². The van der Waals surface area contributed by atoms with Gasteiger partial charge in [-0.05, 0) is 49.6 Å². The summed E-state index contributed by atoms with van der Waals surface area (Å²) in [4.78, 5) is 23.5. The highest BCUT2D eigenvalue weighted by atomic mass is 16.5. The molecule has 2 N–H and O–H groups in total. The predicted molar refractivity (Wildman–Crippen MR) is 100 cm³/mol. The predicted octanol–water partition coefficient (Wildman–Crippen LogP) is 3.92. The molecule has 2 rings (SSSR count). The molecule has 0 fully saturated rings. The molecule has 0 atom stereocenters. The van der Waals surface area contributed by atoms with Crippen LogP contribution in [0.3, 0.4) is 0 Å². The average Bonchev–Trinajstić information content (AvgIpc) is 2.57. The van der Waals surface area contributed by atoms with Gasteiger partial charge in [-0.15, -0.1) is 0 Å². The second-order valence-electron chi connectivity index (χ2n) is 5.75. The van der Waals surface area contributed by atoms with Crippen LogP contribution in [0.15, 0.2) is 42.5 Å². The summed E-state index contributed by atoms with van der Waals surface area (Å²) in [5, 5.41) is 5.67. The van der Waals surface area contributed by atoms with Crippen molar-refractivity contribution in [2.45, 2.75) is 33.6 Å². The first-order valence-electron chi connectivity index (χ1n) is 8.39. The maximum atomic E-state index is 12.3. The zero-order chi connectivity index (χ0) is 18.2. The number of carbonyl (C=O) groups is 2. The number of nitrogens with one attached hydrogen (secondary N) is 2. The highest BCUT2D eigenvalue weighted by Crippen LogP contribution is 2.24. The number of rotatable bonds is 7. The van der Waals surface area contributed by atoms with E-state index in [9.17, 15) is 9.59 Å². The van der Waals surface area contributed by atoms with Crippen molar-refractivity contribution in [3.05, 3.63) is 53.6 Å². The maximum Gasteiger partial charge on any atom is 0.224 e. The number of ether oxygens (including phenoxy) is 1. The van der Waals surface area contributed by atoms with Crippen LogP contribution in [0.5, 0.6) is 5.75 Å². The van der Waals surface area contributed by atoms with Crippen LogP contribution in [0.1, 0.15) is 31.4 Å². The van der Waals surface area contributed by atoms with E-state index in [1.54, 1.807) is 6.07 Å². The van der Waals surface area contributed by atoms with Crippen molar-refractivity contribution in [1.29, 1.82) is 0 Å². The van der Waals surface area contributed by atoms with Crippen LogP contribution in [-0.2, 0) is 16.0 Å². The van der Waals surface area contributed by atoms with Gasteiger partial charge in [0.25, 0.3) is 0 Å². The summed E-state index contributed by atoms with van der Waals surface area (Å²) in [7, 11) is 0. The third-order valence-corrected chi connectivity index (χ3v) is 3.81. The number of hydrogen-bond acceptors (Lipinski definition) is 3. The third-order valence-electron chi connectivity index (χ3n) is 3.81. The van der Waals surface area contributed by atoms with E-state index in [1.165, 1.54) is 6.92 Å². The minimum absolute atomic E-state index is 0.0747.